The number of aromatic nitrogens is 3. The van der Waals surface area contributed by atoms with Crippen molar-refractivity contribution >= 4 is 26.3 Å². The van der Waals surface area contributed by atoms with Gasteiger partial charge in [-0.2, -0.15) is 0 Å². The van der Waals surface area contributed by atoms with Gasteiger partial charge in [0, 0.05) is 39.6 Å². The third-order valence-electron chi connectivity index (χ3n) is 2.48. The van der Waals surface area contributed by atoms with Crippen molar-refractivity contribution in [1.82, 2.24) is 15.0 Å². The number of nitrogens with one attached hydrogen (secondary N) is 1. The van der Waals surface area contributed by atoms with E-state index < -0.39 is 12.0 Å². The molecule has 9 nitrogen and oxygen atoms in total. The monoisotopic (exact) mass is 516 g/mol. The van der Waals surface area contributed by atoms with Crippen molar-refractivity contribution in [1.29, 1.82) is 0 Å². The molecule has 1 unspecified atom stereocenters. The van der Waals surface area contributed by atoms with Crippen LogP contribution in [0.1, 0.15) is 11.3 Å². The zero-order valence-corrected chi connectivity index (χ0v) is 15.5. The van der Waals surface area contributed by atoms with Crippen LogP contribution in [0.3, 0.4) is 0 Å². The Labute approximate surface area is 158 Å². The molecule has 25 heavy (non-hydrogen) atoms. The minimum atomic E-state index is -1.21. The summed E-state index contributed by atoms with van der Waals surface area (Å²) in [5.41, 5.74) is 9.19. The van der Waals surface area contributed by atoms with Crippen molar-refractivity contribution < 1.29 is 44.7 Å². The molecule has 2 aromatic rings. The molecule has 2 N–H and O–H groups in total. The smallest absolute Gasteiger partial charge is 0.287 e. The fourth-order valence-corrected chi connectivity index (χ4v) is 1.58. The van der Waals surface area contributed by atoms with Gasteiger partial charge >= 0.3 is 0 Å². The number of aliphatic carboxylic acids is 1. The van der Waals surface area contributed by atoms with Crippen molar-refractivity contribution in [3.63, 3.8) is 0 Å². The normalized spacial score (nSPS) is 9.32. The van der Waals surface area contributed by atoms with E-state index in [1.807, 2.05) is 30.3 Å². The fraction of sp³-hybridized carbons (Fsp3) is 0.200. The average Bonchev–Trinajstić information content (AvgIpc) is 3.08. The molecule has 1 atom stereocenters. The Hall–Kier alpha value is -2.54. The van der Waals surface area contributed by atoms with E-state index in [9.17, 15) is 4.79 Å². The fourth-order valence-electron chi connectivity index (χ4n) is 1.58. The van der Waals surface area contributed by atoms with Gasteiger partial charge in [0.1, 0.15) is 0 Å². The maximum atomic E-state index is 10.6. The summed E-state index contributed by atoms with van der Waals surface area (Å²) in [6, 6.07) is 8.61. The number of carboxylic acids is 1. The van der Waals surface area contributed by atoms with Crippen LogP contribution >= 0.6 is 0 Å². The van der Waals surface area contributed by atoms with Crippen LogP contribution in [0.2, 0.25) is 0 Å². The molecule has 0 fully saturated rings. The van der Waals surface area contributed by atoms with Crippen molar-refractivity contribution in [3.05, 3.63) is 53.5 Å². The molecule has 0 amide bonds. The van der Waals surface area contributed by atoms with E-state index >= 15 is 0 Å². The van der Waals surface area contributed by atoms with Gasteiger partial charge in [-0.15, -0.1) is 5.10 Å². The topological polar surface area (TPSA) is 143 Å². The number of hydrogen-bond acceptors (Lipinski definition) is 6. The number of rotatable bonds is 5. The Morgan fingerprint density at radius 2 is 1.64 bits per heavy atom. The van der Waals surface area contributed by atoms with Gasteiger partial charge in [0.2, 0.25) is 0 Å². The quantitative estimate of drug-likeness (QED) is 0.560. The maximum absolute atomic E-state index is 10.6. The zero-order chi connectivity index (χ0) is 19.0. The van der Waals surface area contributed by atoms with E-state index in [0.717, 1.165) is 11.3 Å². The van der Waals surface area contributed by atoms with E-state index in [2.05, 4.69) is 30.7 Å². The van der Waals surface area contributed by atoms with E-state index in [1.54, 1.807) is 6.20 Å². The Morgan fingerprint density at radius 3 is 2.12 bits per heavy atom. The molecule has 0 aliphatic heterocycles. The first-order valence-electron chi connectivity index (χ1n) is 6.13. The summed E-state index contributed by atoms with van der Waals surface area (Å²) >= 11 is 0. The first kappa shape index (κ1) is 27.3. The van der Waals surface area contributed by atoms with Gasteiger partial charge in [0.15, 0.2) is 0 Å². The predicted molar refractivity (Wildman–Crippen MR) is 82.1 cm³/mol. The summed E-state index contributed by atoms with van der Waals surface area (Å²) in [6.07, 6.45) is 2.33. The number of carbonyl (C=O) groups excluding carboxylic acids is 3. The summed E-state index contributed by atoms with van der Waals surface area (Å²) < 4.78 is 1.39. The summed E-state index contributed by atoms with van der Waals surface area (Å²) in [5, 5.41) is 16.4. The molecule has 1 heterocycles. The largest absolute Gasteiger partial charge is 0.664 e. The third-order valence-corrected chi connectivity index (χ3v) is 2.48. The van der Waals surface area contributed by atoms with Gasteiger partial charge in [-0.05, 0) is 11.6 Å². The molecule has 2 rings (SSSR count). The van der Waals surface area contributed by atoms with Crippen LogP contribution in [0.25, 0.3) is 5.73 Å². The summed E-state index contributed by atoms with van der Waals surface area (Å²) in [4.78, 5) is 33.1. The minimum absolute atomic E-state index is 0. The summed E-state index contributed by atoms with van der Waals surface area (Å²) in [5.74, 6) is -1.16. The second-order valence-electron chi connectivity index (χ2n) is 3.99. The molecule has 134 valence electrons. The number of carboxylic acid groups (broad SMARTS) is 1. The van der Waals surface area contributed by atoms with Crippen LogP contribution in [-0.2, 0) is 52.6 Å². The average molecular weight is 515 g/mol. The molecular weight excluding hydrogens is 502 g/mol. The summed E-state index contributed by atoms with van der Waals surface area (Å²) in [6.45, 7) is 13.5. The van der Waals surface area contributed by atoms with Crippen molar-refractivity contribution in [3.8, 4) is 0 Å². The van der Waals surface area contributed by atoms with Crippen LogP contribution in [0.5, 0.6) is 0 Å². The Morgan fingerprint density at radius 1 is 1.12 bits per heavy atom. The zero-order valence-electron chi connectivity index (χ0n) is 12.8. The second kappa shape index (κ2) is 17.8. The number of hydrogen-bond donors (Lipinski definition) is 1. The van der Waals surface area contributed by atoms with Gasteiger partial charge in [0.05, 0.1) is 5.69 Å². The number of benzene rings is 1. The minimum Gasteiger partial charge on any atom is -0.664 e. The van der Waals surface area contributed by atoms with Gasteiger partial charge in [-0.25, -0.2) is 0 Å². The molecular formula is C15H13N4O5Re-4. The Kier molecular flexibility index (Phi) is 19.5. The van der Waals surface area contributed by atoms with Gasteiger partial charge in [-0.3, -0.25) is 9.48 Å². The van der Waals surface area contributed by atoms with Crippen LogP contribution in [0.15, 0.2) is 36.5 Å². The van der Waals surface area contributed by atoms with E-state index in [-0.39, 0.29) is 27.0 Å². The van der Waals surface area contributed by atoms with Crippen molar-refractivity contribution in [2.24, 2.45) is 0 Å². The Bertz CT molecular complexity index is 578. The van der Waals surface area contributed by atoms with Crippen molar-refractivity contribution in [2.75, 3.05) is 0 Å². The third kappa shape index (κ3) is 11.6. The molecule has 0 saturated carbocycles. The second-order valence-corrected chi connectivity index (χ2v) is 3.99. The molecule has 0 spiro atoms. The van der Waals surface area contributed by atoms with Crippen LogP contribution < -0.4 is 0 Å². The molecule has 0 aliphatic rings. The standard InChI is InChI=1S/C12H13N4O2.3CO.Re/c13-11(12(17)18)8-16-7-10(14-15-16)6-9-4-2-1-3-5-9;3*1-2;/h1-5,7,11,13H,6,8H2,(H,17,18);;;;/q4*-1;. The molecule has 0 aliphatic carbocycles. The van der Waals surface area contributed by atoms with Gasteiger partial charge < -0.3 is 45.6 Å². The first-order valence-corrected chi connectivity index (χ1v) is 6.13. The van der Waals surface area contributed by atoms with Crippen LogP contribution in [0, 0.1) is 0 Å². The van der Waals surface area contributed by atoms with Crippen LogP contribution in [-0.4, -0.2) is 52.5 Å². The van der Waals surface area contributed by atoms with E-state index in [0.29, 0.717) is 6.42 Å². The maximum Gasteiger partial charge on any atom is 0.287 e. The van der Waals surface area contributed by atoms with E-state index in [4.69, 9.17) is 25.2 Å². The van der Waals surface area contributed by atoms with Gasteiger partial charge in [-0.1, -0.05) is 35.5 Å². The molecule has 10 heteroatoms. The van der Waals surface area contributed by atoms with Crippen LogP contribution in [0.4, 0.5) is 0 Å². The predicted octanol–water partition coefficient (Wildman–Crippen LogP) is 0.180. The SMILES string of the molecule is [C-]=O.[C-]=O.[C-]=O.[NH-]C(Cn1cc(Cc2ccccc2)nn1)C(=O)O.[Re]. The molecule has 0 saturated heterocycles. The summed E-state index contributed by atoms with van der Waals surface area (Å²) in [7, 11) is 0. The van der Waals surface area contributed by atoms with Crippen molar-refractivity contribution in [2.45, 2.75) is 19.0 Å². The molecule has 4 radical (unpaired) electrons. The first-order chi connectivity index (χ1) is 11.6. The number of nitrogens with zero attached hydrogens (tertiary/aromatic N) is 3. The van der Waals surface area contributed by atoms with E-state index in [1.165, 1.54) is 4.68 Å². The Balaban J connectivity index is -0.000000626. The molecule has 1 aromatic carbocycles. The number of carbonyl (C=O) groups is 1. The molecule has 0 bridgehead atoms. The van der Waals surface area contributed by atoms with Gasteiger partial charge in [0.25, 0.3) is 5.97 Å². The molecule has 1 aromatic heterocycles.